The van der Waals surface area contributed by atoms with E-state index in [1.165, 1.54) is 38.6 Å². The summed E-state index contributed by atoms with van der Waals surface area (Å²) < 4.78 is 0. The molecule has 3 rings (SSSR count). The highest BCUT2D eigenvalue weighted by Gasteiger charge is 2.22. The molecule has 1 N–H and O–H groups in total. The van der Waals surface area contributed by atoms with E-state index >= 15 is 0 Å². The van der Waals surface area contributed by atoms with Crippen molar-refractivity contribution >= 4 is 11.3 Å². The Morgan fingerprint density at radius 2 is 2.14 bits per heavy atom. The molecule has 0 saturated heterocycles. The number of aromatic nitrogens is 2. The van der Waals surface area contributed by atoms with E-state index in [0.29, 0.717) is 0 Å². The number of nitrogens with zero attached hydrogens (tertiary/aromatic N) is 1. The summed E-state index contributed by atoms with van der Waals surface area (Å²) in [5.74, 6) is 0. The second-order valence-corrected chi connectivity index (χ2v) is 5.27. The number of fused-ring (bicyclic) bond motifs is 3. The fourth-order valence-corrected chi connectivity index (χ4v) is 3.45. The zero-order chi connectivity index (χ0) is 9.71. The molecule has 3 heteroatoms. The lowest BCUT2D eigenvalue weighted by Gasteiger charge is -2.12. The van der Waals surface area contributed by atoms with Crippen LogP contribution >= 0.6 is 11.3 Å². The fraction of sp³-hybridized carbons (Fsp3) is 0.364. The fourth-order valence-electron chi connectivity index (χ4n) is 2.34. The van der Waals surface area contributed by atoms with Crippen LogP contribution in [0.5, 0.6) is 0 Å². The van der Waals surface area contributed by atoms with Crippen LogP contribution in [-0.4, -0.2) is 10.2 Å². The van der Waals surface area contributed by atoms with E-state index < -0.39 is 0 Å². The van der Waals surface area contributed by atoms with Crippen molar-refractivity contribution in [1.82, 2.24) is 10.2 Å². The molecule has 1 aliphatic rings. The van der Waals surface area contributed by atoms with Crippen molar-refractivity contribution in [3.05, 3.63) is 27.1 Å². The van der Waals surface area contributed by atoms with Gasteiger partial charge in [0.05, 0.1) is 11.9 Å². The van der Waals surface area contributed by atoms with Crippen molar-refractivity contribution in [3.8, 4) is 11.3 Å². The van der Waals surface area contributed by atoms with Crippen LogP contribution in [0.25, 0.3) is 11.3 Å². The van der Waals surface area contributed by atoms with Gasteiger partial charge in [-0.05, 0) is 37.8 Å². The second kappa shape index (κ2) is 2.70. The molecule has 72 valence electrons. The van der Waals surface area contributed by atoms with Crippen molar-refractivity contribution in [2.45, 2.75) is 26.7 Å². The van der Waals surface area contributed by atoms with Gasteiger partial charge in [-0.15, -0.1) is 11.3 Å². The predicted octanol–water partition coefficient (Wildman–Crippen LogP) is 2.85. The Bertz CT molecular complexity index is 493. The van der Waals surface area contributed by atoms with Gasteiger partial charge < -0.3 is 0 Å². The summed E-state index contributed by atoms with van der Waals surface area (Å²) in [6.45, 7) is 4.42. The Hall–Kier alpha value is -1.09. The number of hydrogen-bond donors (Lipinski definition) is 1. The summed E-state index contributed by atoms with van der Waals surface area (Å²) in [6.07, 6.45) is 4.28. The average molecular weight is 204 g/mol. The lowest BCUT2D eigenvalue weighted by molar-refractivity contribution is 0.939. The van der Waals surface area contributed by atoms with E-state index in [9.17, 15) is 0 Å². The average Bonchev–Trinajstić information content (AvgIpc) is 2.71. The molecule has 2 nitrogen and oxygen atoms in total. The van der Waals surface area contributed by atoms with Gasteiger partial charge >= 0.3 is 0 Å². The molecule has 0 unspecified atom stereocenters. The lowest BCUT2D eigenvalue weighted by Crippen LogP contribution is -2.01. The molecule has 2 heterocycles. The highest BCUT2D eigenvalue weighted by atomic mass is 32.1. The summed E-state index contributed by atoms with van der Waals surface area (Å²) in [6, 6.07) is 0. The summed E-state index contributed by atoms with van der Waals surface area (Å²) in [7, 11) is 0. The minimum absolute atomic E-state index is 1.13. The molecule has 14 heavy (non-hydrogen) atoms. The lowest BCUT2D eigenvalue weighted by atomic mass is 9.91. The van der Waals surface area contributed by atoms with Gasteiger partial charge in [0.1, 0.15) is 0 Å². The van der Waals surface area contributed by atoms with Crippen LogP contribution in [0, 0.1) is 13.8 Å². The molecule has 0 fully saturated rings. The van der Waals surface area contributed by atoms with Crippen LogP contribution in [0.2, 0.25) is 0 Å². The first-order chi connectivity index (χ1) is 6.77. The molecule has 0 aliphatic heterocycles. The number of aromatic amines is 1. The Morgan fingerprint density at radius 3 is 3.00 bits per heavy atom. The van der Waals surface area contributed by atoms with Gasteiger partial charge in [0.25, 0.3) is 0 Å². The molecule has 2 aromatic rings. The van der Waals surface area contributed by atoms with Gasteiger partial charge in [-0.1, -0.05) is 0 Å². The normalized spacial score (nSPS) is 13.9. The Labute approximate surface area is 87.0 Å². The van der Waals surface area contributed by atoms with Gasteiger partial charge in [0.2, 0.25) is 0 Å². The van der Waals surface area contributed by atoms with Crippen LogP contribution in [0.4, 0.5) is 0 Å². The van der Waals surface area contributed by atoms with Gasteiger partial charge in [0, 0.05) is 15.3 Å². The minimum atomic E-state index is 1.13. The number of H-pyrrole nitrogens is 1. The topological polar surface area (TPSA) is 28.7 Å². The third-order valence-electron chi connectivity index (χ3n) is 3.00. The number of aryl methyl sites for hydroxylation is 3. The molecule has 0 radical (unpaired) electrons. The zero-order valence-corrected chi connectivity index (χ0v) is 9.16. The number of rotatable bonds is 0. The van der Waals surface area contributed by atoms with Gasteiger partial charge in [-0.3, -0.25) is 5.10 Å². The van der Waals surface area contributed by atoms with E-state index in [4.69, 9.17) is 0 Å². The first-order valence-corrected chi connectivity index (χ1v) is 5.70. The van der Waals surface area contributed by atoms with Crippen LogP contribution < -0.4 is 0 Å². The standard InChI is InChI=1S/C11H12N2S/c1-6-9-4-3-8-5-12-13-11(8)10(9)7(2)14-6/h5H,3-4H2,1-2H3,(H,12,13). The van der Waals surface area contributed by atoms with Crippen molar-refractivity contribution in [3.63, 3.8) is 0 Å². The van der Waals surface area contributed by atoms with Crippen LogP contribution in [0.15, 0.2) is 6.20 Å². The monoisotopic (exact) mass is 204 g/mol. The molecule has 0 spiro atoms. The number of nitrogens with one attached hydrogen (secondary N) is 1. The molecule has 0 atom stereocenters. The van der Waals surface area contributed by atoms with E-state index in [-0.39, 0.29) is 0 Å². The molecule has 0 saturated carbocycles. The van der Waals surface area contributed by atoms with Gasteiger partial charge in [0.15, 0.2) is 0 Å². The maximum Gasteiger partial charge on any atom is 0.0696 e. The molecular formula is C11H12N2S. The molecule has 1 aliphatic carbocycles. The number of thiophene rings is 1. The third-order valence-corrected chi connectivity index (χ3v) is 4.06. The zero-order valence-electron chi connectivity index (χ0n) is 8.35. The van der Waals surface area contributed by atoms with Crippen molar-refractivity contribution in [2.75, 3.05) is 0 Å². The van der Waals surface area contributed by atoms with Crippen LogP contribution in [0.3, 0.4) is 0 Å². The van der Waals surface area contributed by atoms with E-state index in [1.54, 1.807) is 0 Å². The maximum atomic E-state index is 4.13. The van der Waals surface area contributed by atoms with Crippen LogP contribution in [-0.2, 0) is 12.8 Å². The summed E-state index contributed by atoms with van der Waals surface area (Å²) in [5, 5.41) is 7.26. The van der Waals surface area contributed by atoms with E-state index in [2.05, 4.69) is 24.0 Å². The smallest absolute Gasteiger partial charge is 0.0696 e. The highest BCUT2D eigenvalue weighted by Crippen LogP contribution is 2.40. The largest absolute Gasteiger partial charge is 0.278 e. The van der Waals surface area contributed by atoms with E-state index in [1.807, 2.05) is 17.5 Å². The Balaban J connectivity index is 2.35. The van der Waals surface area contributed by atoms with Gasteiger partial charge in [-0.2, -0.15) is 5.10 Å². The van der Waals surface area contributed by atoms with Gasteiger partial charge in [-0.25, -0.2) is 0 Å². The highest BCUT2D eigenvalue weighted by molar-refractivity contribution is 7.12. The molecule has 2 aromatic heterocycles. The Morgan fingerprint density at radius 1 is 1.29 bits per heavy atom. The van der Waals surface area contributed by atoms with Crippen molar-refractivity contribution in [2.24, 2.45) is 0 Å². The van der Waals surface area contributed by atoms with Crippen molar-refractivity contribution in [1.29, 1.82) is 0 Å². The minimum Gasteiger partial charge on any atom is -0.278 e. The van der Waals surface area contributed by atoms with Crippen LogP contribution in [0.1, 0.15) is 20.9 Å². The van der Waals surface area contributed by atoms with Crippen molar-refractivity contribution < 1.29 is 0 Å². The number of hydrogen-bond acceptors (Lipinski definition) is 2. The molecule has 0 bridgehead atoms. The summed E-state index contributed by atoms with van der Waals surface area (Å²) >= 11 is 1.90. The predicted molar refractivity (Wildman–Crippen MR) is 58.8 cm³/mol. The maximum absolute atomic E-state index is 4.13. The molecule has 0 amide bonds. The Kier molecular flexibility index (Phi) is 1.59. The summed E-state index contributed by atoms with van der Waals surface area (Å²) in [4.78, 5) is 2.89. The first kappa shape index (κ1) is 8.24. The second-order valence-electron chi connectivity index (χ2n) is 3.84. The molecule has 0 aromatic carbocycles. The first-order valence-electron chi connectivity index (χ1n) is 4.89. The SMILES string of the molecule is Cc1sc(C)c2c1CCc1cn[nH]c1-2. The van der Waals surface area contributed by atoms with E-state index in [0.717, 1.165) is 6.42 Å². The quantitative estimate of drug-likeness (QED) is 0.702. The third kappa shape index (κ3) is 0.932. The molecular weight excluding hydrogens is 192 g/mol. The summed E-state index contributed by atoms with van der Waals surface area (Å²) in [5.41, 5.74) is 5.59.